The summed E-state index contributed by atoms with van der Waals surface area (Å²) >= 11 is 0. The zero-order valence-corrected chi connectivity index (χ0v) is 16.0. The number of para-hydroxylation sites is 1. The van der Waals surface area contributed by atoms with Gasteiger partial charge in [0.15, 0.2) is 0 Å². The Bertz CT molecular complexity index is 1090. The molecule has 0 aliphatic heterocycles. The molecule has 0 aromatic heterocycles. The van der Waals surface area contributed by atoms with E-state index in [4.69, 9.17) is 0 Å². The number of anilines is 1. The number of nitrogens with one attached hydrogen (secondary N) is 2. The monoisotopic (exact) mass is 393 g/mol. The largest absolute Gasteiger partial charge is 0.279 e. The number of hydrogen-bond donors (Lipinski definition) is 2. The van der Waals surface area contributed by atoms with E-state index in [0.717, 1.165) is 5.56 Å². The number of amides is 1. The number of carbonyl (C=O) groups is 1. The number of sulfonamides is 1. The maximum Gasteiger partial charge on any atom is 0.271 e. The Morgan fingerprint density at radius 2 is 1.54 bits per heavy atom. The summed E-state index contributed by atoms with van der Waals surface area (Å²) in [6, 6.07) is 22.1. The first-order chi connectivity index (χ1) is 13.5. The Labute approximate surface area is 164 Å². The van der Waals surface area contributed by atoms with Gasteiger partial charge in [0.05, 0.1) is 16.8 Å². The second-order valence-electron chi connectivity index (χ2n) is 6.07. The van der Waals surface area contributed by atoms with E-state index < -0.39 is 10.0 Å². The zero-order chi connectivity index (χ0) is 20.0. The van der Waals surface area contributed by atoms with Gasteiger partial charge < -0.3 is 0 Å². The smallest absolute Gasteiger partial charge is 0.271 e. The highest BCUT2D eigenvalue weighted by Gasteiger charge is 2.15. The third kappa shape index (κ3) is 4.83. The SMILES string of the molecule is Cc1ccc(S(=O)(=O)Nc2ccccc2/C=N/NC(=O)c2ccccc2)cc1. The Kier molecular flexibility index (Phi) is 5.86. The molecule has 0 spiro atoms. The molecule has 3 rings (SSSR count). The molecule has 0 atom stereocenters. The summed E-state index contributed by atoms with van der Waals surface area (Å²) in [6.45, 7) is 1.89. The molecule has 28 heavy (non-hydrogen) atoms. The molecule has 142 valence electrons. The van der Waals surface area contributed by atoms with Crippen molar-refractivity contribution in [1.82, 2.24) is 5.43 Å². The van der Waals surface area contributed by atoms with Crippen LogP contribution in [0.3, 0.4) is 0 Å². The minimum atomic E-state index is -3.74. The van der Waals surface area contributed by atoms with Crippen molar-refractivity contribution in [3.8, 4) is 0 Å². The molecule has 1 amide bonds. The molecular weight excluding hydrogens is 374 g/mol. The van der Waals surface area contributed by atoms with Gasteiger partial charge in [0, 0.05) is 11.1 Å². The highest BCUT2D eigenvalue weighted by atomic mass is 32.2. The van der Waals surface area contributed by atoms with Crippen LogP contribution in [0.25, 0.3) is 0 Å². The minimum absolute atomic E-state index is 0.169. The van der Waals surface area contributed by atoms with E-state index in [1.807, 2.05) is 13.0 Å². The van der Waals surface area contributed by atoms with Crippen LogP contribution in [0.5, 0.6) is 0 Å². The molecule has 3 aromatic rings. The van der Waals surface area contributed by atoms with Gasteiger partial charge in [0.1, 0.15) is 0 Å². The van der Waals surface area contributed by atoms with Gasteiger partial charge in [-0.15, -0.1) is 0 Å². The number of aryl methyl sites for hydroxylation is 1. The summed E-state index contributed by atoms with van der Waals surface area (Å²) in [6.07, 6.45) is 1.40. The number of nitrogens with zero attached hydrogens (tertiary/aromatic N) is 1. The van der Waals surface area contributed by atoms with Crippen LogP contribution in [-0.4, -0.2) is 20.5 Å². The second-order valence-corrected chi connectivity index (χ2v) is 7.75. The topological polar surface area (TPSA) is 87.6 Å². The van der Waals surface area contributed by atoms with Crippen LogP contribution in [0.1, 0.15) is 21.5 Å². The maximum absolute atomic E-state index is 12.6. The van der Waals surface area contributed by atoms with E-state index in [-0.39, 0.29) is 10.8 Å². The molecule has 6 nitrogen and oxygen atoms in total. The first-order valence-corrected chi connectivity index (χ1v) is 10.0. The molecule has 7 heteroatoms. The van der Waals surface area contributed by atoms with Gasteiger partial charge in [-0.2, -0.15) is 5.10 Å². The fraction of sp³-hybridized carbons (Fsp3) is 0.0476. The van der Waals surface area contributed by atoms with E-state index in [2.05, 4.69) is 15.2 Å². The average Bonchev–Trinajstić information content (AvgIpc) is 2.70. The van der Waals surface area contributed by atoms with Crippen molar-refractivity contribution in [3.05, 3.63) is 95.6 Å². The van der Waals surface area contributed by atoms with Crippen molar-refractivity contribution < 1.29 is 13.2 Å². The van der Waals surface area contributed by atoms with Crippen molar-refractivity contribution in [3.63, 3.8) is 0 Å². The molecule has 0 aliphatic rings. The molecule has 3 aromatic carbocycles. The number of carbonyl (C=O) groups excluding carboxylic acids is 1. The summed E-state index contributed by atoms with van der Waals surface area (Å²) in [5.74, 6) is -0.352. The Morgan fingerprint density at radius 1 is 0.893 bits per heavy atom. The van der Waals surface area contributed by atoms with Crippen LogP contribution >= 0.6 is 0 Å². The van der Waals surface area contributed by atoms with Crippen molar-refractivity contribution in [1.29, 1.82) is 0 Å². The fourth-order valence-electron chi connectivity index (χ4n) is 2.44. The van der Waals surface area contributed by atoms with Gasteiger partial charge in [-0.3, -0.25) is 9.52 Å². The van der Waals surface area contributed by atoms with E-state index in [9.17, 15) is 13.2 Å². The molecule has 2 N–H and O–H groups in total. The van der Waals surface area contributed by atoms with E-state index in [1.165, 1.54) is 6.21 Å². The van der Waals surface area contributed by atoms with Crippen LogP contribution in [0, 0.1) is 6.92 Å². The Balaban J connectivity index is 1.76. The third-order valence-electron chi connectivity index (χ3n) is 3.94. The lowest BCUT2D eigenvalue weighted by Gasteiger charge is -2.10. The van der Waals surface area contributed by atoms with E-state index in [0.29, 0.717) is 16.8 Å². The van der Waals surface area contributed by atoms with Gasteiger partial charge in [-0.05, 0) is 37.3 Å². The third-order valence-corrected chi connectivity index (χ3v) is 5.32. The van der Waals surface area contributed by atoms with Crippen molar-refractivity contribution in [2.75, 3.05) is 4.72 Å². The van der Waals surface area contributed by atoms with E-state index >= 15 is 0 Å². The predicted molar refractivity (Wildman–Crippen MR) is 110 cm³/mol. The van der Waals surface area contributed by atoms with Crippen molar-refractivity contribution in [2.45, 2.75) is 11.8 Å². The van der Waals surface area contributed by atoms with Crippen molar-refractivity contribution in [2.24, 2.45) is 5.10 Å². The normalized spacial score (nSPS) is 11.3. The predicted octanol–water partition coefficient (Wildman–Crippen LogP) is 3.56. The summed E-state index contributed by atoms with van der Waals surface area (Å²) < 4.78 is 27.8. The van der Waals surface area contributed by atoms with Gasteiger partial charge in [0.2, 0.25) is 0 Å². The average molecular weight is 393 g/mol. The molecule has 0 fully saturated rings. The second kappa shape index (κ2) is 8.49. The summed E-state index contributed by atoms with van der Waals surface area (Å²) in [7, 11) is -3.74. The molecule has 0 saturated carbocycles. The lowest BCUT2D eigenvalue weighted by Crippen LogP contribution is -2.18. The van der Waals surface area contributed by atoms with Gasteiger partial charge >= 0.3 is 0 Å². The quantitative estimate of drug-likeness (QED) is 0.496. The standard InChI is InChI=1S/C21H19N3O3S/c1-16-11-13-19(14-12-16)28(26,27)24-20-10-6-5-9-18(20)15-22-23-21(25)17-7-3-2-4-8-17/h2-15,24H,1H3,(H,23,25)/b22-15+. The summed E-state index contributed by atoms with van der Waals surface area (Å²) in [5.41, 5.74) is 4.76. The number of hydrazone groups is 1. The van der Waals surface area contributed by atoms with Gasteiger partial charge in [-0.25, -0.2) is 13.8 Å². The molecular formula is C21H19N3O3S. The summed E-state index contributed by atoms with van der Waals surface area (Å²) in [4.78, 5) is 12.2. The molecule has 0 saturated heterocycles. The van der Waals surface area contributed by atoms with Crippen LogP contribution in [-0.2, 0) is 10.0 Å². The molecule has 0 heterocycles. The van der Waals surface area contributed by atoms with Crippen molar-refractivity contribution >= 4 is 27.8 Å². The lowest BCUT2D eigenvalue weighted by atomic mass is 10.2. The molecule has 0 aliphatic carbocycles. The number of hydrogen-bond acceptors (Lipinski definition) is 4. The highest BCUT2D eigenvalue weighted by molar-refractivity contribution is 7.92. The molecule has 0 bridgehead atoms. The van der Waals surface area contributed by atoms with Crippen LogP contribution in [0.15, 0.2) is 88.9 Å². The number of benzene rings is 3. The minimum Gasteiger partial charge on any atom is -0.279 e. The first kappa shape index (κ1) is 19.3. The molecule has 0 radical (unpaired) electrons. The lowest BCUT2D eigenvalue weighted by molar-refractivity contribution is 0.0955. The van der Waals surface area contributed by atoms with E-state index in [1.54, 1.807) is 72.8 Å². The van der Waals surface area contributed by atoms with Gasteiger partial charge in [0.25, 0.3) is 15.9 Å². The van der Waals surface area contributed by atoms with Crippen LogP contribution in [0.2, 0.25) is 0 Å². The maximum atomic E-state index is 12.6. The molecule has 0 unspecified atom stereocenters. The summed E-state index contributed by atoms with van der Waals surface area (Å²) in [5, 5.41) is 3.93. The Morgan fingerprint density at radius 3 is 2.25 bits per heavy atom. The van der Waals surface area contributed by atoms with Gasteiger partial charge in [-0.1, -0.05) is 54.1 Å². The Hall–Kier alpha value is -3.45. The highest BCUT2D eigenvalue weighted by Crippen LogP contribution is 2.19. The number of rotatable bonds is 6. The zero-order valence-electron chi connectivity index (χ0n) is 15.2. The van der Waals surface area contributed by atoms with Crippen LogP contribution < -0.4 is 10.1 Å². The van der Waals surface area contributed by atoms with Crippen LogP contribution in [0.4, 0.5) is 5.69 Å². The first-order valence-electron chi connectivity index (χ1n) is 8.53. The fourth-order valence-corrected chi connectivity index (χ4v) is 3.53.